The quantitative estimate of drug-likeness (QED) is 0.589. The van der Waals surface area contributed by atoms with E-state index in [9.17, 15) is 35.9 Å². The predicted molar refractivity (Wildman–Crippen MR) is 90.6 cm³/mol. The summed E-state index contributed by atoms with van der Waals surface area (Å²) < 4.78 is 78.5. The number of amides is 2. The average Bonchev–Trinajstić information content (AvgIpc) is 2.64. The minimum atomic E-state index is -5.76. The second kappa shape index (κ2) is 9.19. The summed E-state index contributed by atoms with van der Waals surface area (Å²) in [7, 11) is 0. The Balaban J connectivity index is 1.83. The number of nitrogens with zero attached hydrogens (tertiary/aromatic N) is 1. The summed E-state index contributed by atoms with van der Waals surface area (Å²) in [5.74, 6) is -0.399. The molecule has 1 N–H and O–H groups in total. The Bertz CT molecular complexity index is 711. The fourth-order valence-electron chi connectivity index (χ4n) is 2.69. The Morgan fingerprint density at radius 2 is 1.59 bits per heavy atom. The molecule has 1 aromatic rings. The lowest BCUT2D eigenvalue weighted by Gasteiger charge is -2.33. The topological polar surface area (TPSA) is 58.6 Å². The molecule has 1 aliphatic rings. The number of hydrogen-bond acceptors (Lipinski definition) is 3. The van der Waals surface area contributed by atoms with Gasteiger partial charge in [-0.2, -0.15) is 26.3 Å². The van der Waals surface area contributed by atoms with E-state index in [2.05, 4.69) is 10.1 Å². The minimum Gasteiger partial charge on any atom is -0.426 e. The highest BCUT2D eigenvalue weighted by molar-refractivity contribution is 5.91. The number of hydrogen-bond donors (Lipinski definition) is 1. The number of ether oxygens (including phenoxy) is 1. The van der Waals surface area contributed by atoms with Crippen LogP contribution in [0.5, 0.6) is 0 Å². The third-order valence-electron chi connectivity index (χ3n) is 4.14. The molecule has 0 aliphatic carbocycles. The Morgan fingerprint density at radius 1 is 1.03 bits per heavy atom. The fraction of sp³-hybridized carbons (Fsp3) is 0.444. The van der Waals surface area contributed by atoms with Crippen LogP contribution in [0, 0.1) is 0 Å². The molecule has 1 aromatic carbocycles. The second-order valence-electron chi connectivity index (χ2n) is 6.36. The van der Waals surface area contributed by atoms with Crippen LogP contribution < -0.4 is 5.32 Å². The number of likely N-dealkylation sites (tertiary alicyclic amines) is 1. The predicted octanol–water partition coefficient (Wildman–Crippen LogP) is 3.91. The zero-order valence-corrected chi connectivity index (χ0v) is 15.0. The number of nitrogens with one attached hydrogen (secondary N) is 1. The van der Waals surface area contributed by atoms with Crippen LogP contribution in [-0.4, -0.2) is 54.5 Å². The summed E-state index contributed by atoms with van der Waals surface area (Å²) in [6.07, 6.45) is -14.1. The molecule has 2 amide bonds. The van der Waals surface area contributed by atoms with Crippen molar-refractivity contribution in [2.75, 3.05) is 13.1 Å². The third kappa shape index (κ3) is 6.99. The molecular weight excluding hydrogens is 406 g/mol. The van der Waals surface area contributed by atoms with Gasteiger partial charge in [0, 0.05) is 25.2 Å². The second-order valence-corrected chi connectivity index (χ2v) is 6.36. The first-order valence-corrected chi connectivity index (χ1v) is 8.59. The van der Waals surface area contributed by atoms with Gasteiger partial charge in [0.25, 0.3) is 6.10 Å². The van der Waals surface area contributed by atoms with Gasteiger partial charge >= 0.3 is 18.4 Å². The summed E-state index contributed by atoms with van der Waals surface area (Å²) in [6.45, 7) is -0.288. The van der Waals surface area contributed by atoms with Crippen LogP contribution in [0.3, 0.4) is 0 Å². The van der Waals surface area contributed by atoms with Crippen molar-refractivity contribution in [3.63, 3.8) is 0 Å². The average molecular weight is 424 g/mol. The summed E-state index contributed by atoms with van der Waals surface area (Å²) in [5.41, 5.74) is 0.809. The Hall–Kier alpha value is -2.72. The van der Waals surface area contributed by atoms with Crippen LogP contribution in [0.15, 0.2) is 36.4 Å². The highest BCUT2D eigenvalue weighted by Gasteiger charge is 2.60. The largest absolute Gasteiger partial charge is 0.434 e. The number of halogens is 6. The summed E-state index contributed by atoms with van der Waals surface area (Å²) >= 11 is 0. The van der Waals surface area contributed by atoms with Crippen molar-refractivity contribution in [1.82, 2.24) is 10.2 Å². The van der Waals surface area contributed by atoms with Crippen LogP contribution in [0.2, 0.25) is 0 Å². The molecule has 1 aliphatic heterocycles. The standard InChI is InChI=1S/C18H18F6N2O3/c19-17(20,21)15(18(22,23)24)29-16(28)26-10-8-13(9-11-26)25-14(27)7-6-12-4-2-1-3-5-12/h1-7,13,15H,8-11H2,(H,25,27). The zero-order chi connectivity index (χ0) is 21.7. The SMILES string of the molecule is O=C(C=Cc1ccccc1)NC1CCN(C(=O)OC(C(F)(F)F)C(F)(F)F)CC1. The van der Waals surface area contributed by atoms with Crippen molar-refractivity contribution < 1.29 is 40.7 Å². The number of alkyl halides is 6. The lowest BCUT2D eigenvalue weighted by Crippen LogP contribution is -2.51. The fourth-order valence-corrected chi connectivity index (χ4v) is 2.69. The molecule has 5 nitrogen and oxygen atoms in total. The highest BCUT2D eigenvalue weighted by atomic mass is 19.4. The smallest absolute Gasteiger partial charge is 0.426 e. The Kier molecular flexibility index (Phi) is 7.15. The number of carbonyl (C=O) groups excluding carboxylic acids is 2. The first-order chi connectivity index (χ1) is 13.5. The molecule has 1 saturated heterocycles. The van der Waals surface area contributed by atoms with Crippen molar-refractivity contribution in [3.05, 3.63) is 42.0 Å². The molecule has 1 heterocycles. The third-order valence-corrected chi connectivity index (χ3v) is 4.14. The maximum atomic E-state index is 12.5. The molecule has 0 unspecified atom stereocenters. The number of carbonyl (C=O) groups is 2. The molecule has 0 aromatic heterocycles. The molecule has 0 spiro atoms. The molecule has 0 bridgehead atoms. The van der Waals surface area contributed by atoms with Gasteiger partial charge in [0.2, 0.25) is 5.91 Å². The molecule has 11 heteroatoms. The van der Waals surface area contributed by atoms with Crippen molar-refractivity contribution in [2.24, 2.45) is 0 Å². The van der Waals surface area contributed by atoms with E-state index in [1.54, 1.807) is 30.3 Å². The van der Waals surface area contributed by atoms with Gasteiger partial charge in [-0.1, -0.05) is 30.3 Å². The molecule has 0 radical (unpaired) electrons. The maximum absolute atomic E-state index is 12.5. The van der Waals surface area contributed by atoms with Gasteiger partial charge < -0.3 is 15.0 Å². The van der Waals surface area contributed by atoms with Crippen molar-refractivity contribution in [2.45, 2.75) is 37.3 Å². The normalized spacial score (nSPS) is 16.3. The van der Waals surface area contributed by atoms with E-state index in [4.69, 9.17) is 0 Å². The first kappa shape index (κ1) is 22.6. The highest BCUT2D eigenvalue weighted by Crippen LogP contribution is 2.36. The van der Waals surface area contributed by atoms with E-state index in [1.807, 2.05) is 6.07 Å². The molecular formula is C18H18F6N2O3. The van der Waals surface area contributed by atoms with E-state index in [1.165, 1.54) is 6.08 Å². The van der Waals surface area contributed by atoms with Gasteiger partial charge in [-0.3, -0.25) is 4.79 Å². The van der Waals surface area contributed by atoms with E-state index < -0.39 is 30.5 Å². The number of piperidine rings is 1. The van der Waals surface area contributed by atoms with Crippen molar-refractivity contribution in [3.8, 4) is 0 Å². The van der Waals surface area contributed by atoms with E-state index in [-0.39, 0.29) is 32.0 Å². The van der Waals surface area contributed by atoms with Crippen LogP contribution in [-0.2, 0) is 9.53 Å². The number of benzene rings is 1. The van der Waals surface area contributed by atoms with Crippen LogP contribution in [0.25, 0.3) is 6.08 Å². The van der Waals surface area contributed by atoms with Crippen molar-refractivity contribution in [1.29, 1.82) is 0 Å². The van der Waals surface area contributed by atoms with E-state index >= 15 is 0 Å². The van der Waals surface area contributed by atoms with E-state index in [0.717, 1.165) is 10.5 Å². The number of rotatable bonds is 4. The zero-order valence-electron chi connectivity index (χ0n) is 15.0. The van der Waals surface area contributed by atoms with Gasteiger partial charge in [0.15, 0.2) is 0 Å². The van der Waals surface area contributed by atoms with Gasteiger partial charge in [0.1, 0.15) is 0 Å². The van der Waals surface area contributed by atoms with Crippen molar-refractivity contribution >= 4 is 18.1 Å². The monoisotopic (exact) mass is 424 g/mol. The molecule has 0 atom stereocenters. The maximum Gasteiger partial charge on any atom is 0.434 e. The minimum absolute atomic E-state index is 0.144. The Labute approximate surface area is 162 Å². The van der Waals surface area contributed by atoms with Gasteiger partial charge in [0.05, 0.1) is 0 Å². The van der Waals surface area contributed by atoms with E-state index in [0.29, 0.717) is 0 Å². The van der Waals surface area contributed by atoms with Gasteiger partial charge in [-0.05, 0) is 24.5 Å². The molecule has 0 saturated carbocycles. The molecule has 160 valence electrons. The van der Waals surface area contributed by atoms with Crippen LogP contribution >= 0.6 is 0 Å². The van der Waals surface area contributed by atoms with Crippen LogP contribution in [0.4, 0.5) is 31.1 Å². The lowest BCUT2D eigenvalue weighted by atomic mass is 10.1. The molecule has 2 rings (SSSR count). The molecule has 29 heavy (non-hydrogen) atoms. The first-order valence-electron chi connectivity index (χ1n) is 8.59. The summed E-state index contributed by atoms with van der Waals surface area (Å²) in [5, 5.41) is 2.67. The van der Waals surface area contributed by atoms with Gasteiger partial charge in [-0.25, -0.2) is 4.79 Å². The van der Waals surface area contributed by atoms with Gasteiger partial charge in [-0.15, -0.1) is 0 Å². The summed E-state index contributed by atoms with van der Waals surface area (Å²) in [4.78, 5) is 24.4. The van der Waals surface area contributed by atoms with Crippen LogP contribution in [0.1, 0.15) is 18.4 Å². The Morgan fingerprint density at radius 3 is 2.10 bits per heavy atom. The molecule has 1 fully saturated rings. The summed E-state index contributed by atoms with van der Waals surface area (Å²) in [6, 6.07) is 8.64. The lowest BCUT2D eigenvalue weighted by molar-refractivity contribution is -0.308.